The molecule has 2 aromatic heterocycles. The van der Waals surface area contributed by atoms with Gasteiger partial charge in [0.2, 0.25) is 0 Å². The van der Waals surface area contributed by atoms with Crippen molar-refractivity contribution < 1.29 is 23.1 Å². The summed E-state index contributed by atoms with van der Waals surface area (Å²) < 4.78 is 25.4. The zero-order valence-electron chi connectivity index (χ0n) is 20.6. The fraction of sp³-hybridized carbons (Fsp3) is 0.680. The zero-order valence-corrected chi connectivity index (χ0v) is 21.4. The molecule has 11 nitrogen and oxygen atoms in total. The summed E-state index contributed by atoms with van der Waals surface area (Å²) in [5.74, 6) is 0.775. The number of sulfone groups is 1. The maximum absolute atomic E-state index is 12.9. The molecule has 8 rings (SSSR count). The molecule has 37 heavy (non-hydrogen) atoms. The first kappa shape index (κ1) is 23.4. The standard InChI is InChI=1S/C25H32N6O5S/c32-23(28-16-2-5-37(35,36)6-3-16)24(33)29-22-18-12-27-21-17(1-4-26-21)20(18)31(30-22)19-14-7-13-8-15(19)11-25(34,9-13)10-14/h12-16,19,34H,1-11H2,(H,26,27)(H,28,32)(H,29,30,33)/t13?,14-,15+,19+,25-. The normalized spacial score (nSPS) is 33.8. The Labute approximate surface area is 214 Å². The van der Waals surface area contributed by atoms with Crippen LogP contribution in [0.4, 0.5) is 11.6 Å². The van der Waals surface area contributed by atoms with Crippen LogP contribution in [-0.2, 0) is 25.8 Å². The topological polar surface area (TPSA) is 155 Å². The van der Waals surface area contributed by atoms with Gasteiger partial charge in [0.1, 0.15) is 15.7 Å². The Bertz CT molecular complexity index is 1390. The van der Waals surface area contributed by atoms with Crippen LogP contribution in [0.5, 0.6) is 0 Å². The molecule has 0 aromatic carbocycles. The van der Waals surface area contributed by atoms with Crippen LogP contribution >= 0.6 is 0 Å². The van der Waals surface area contributed by atoms with Crippen LogP contribution in [0, 0.1) is 17.8 Å². The lowest BCUT2D eigenvalue weighted by Crippen LogP contribution is -2.55. The van der Waals surface area contributed by atoms with Crippen molar-refractivity contribution in [3.63, 3.8) is 0 Å². The fourth-order valence-corrected chi connectivity index (χ4v) is 9.49. The molecule has 0 spiro atoms. The van der Waals surface area contributed by atoms with Crippen molar-refractivity contribution in [1.82, 2.24) is 20.1 Å². The molecule has 4 aliphatic carbocycles. The van der Waals surface area contributed by atoms with Crippen molar-refractivity contribution in [3.05, 3.63) is 11.8 Å². The van der Waals surface area contributed by atoms with Gasteiger partial charge in [0.25, 0.3) is 0 Å². The predicted octanol–water partition coefficient (Wildman–Crippen LogP) is 1.14. The second-order valence-corrected chi connectivity index (χ2v) is 14.2. The minimum Gasteiger partial charge on any atom is -0.390 e. The van der Waals surface area contributed by atoms with Crippen LogP contribution in [0.2, 0.25) is 0 Å². The van der Waals surface area contributed by atoms with E-state index in [0.29, 0.717) is 41.8 Å². The fourth-order valence-electron chi connectivity index (χ4n) is 8.00. The van der Waals surface area contributed by atoms with Crippen LogP contribution in [0.3, 0.4) is 0 Å². The van der Waals surface area contributed by atoms with Crippen LogP contribution < -0.4 is 16.0 Å². The largest absolute Gasteiger partial charge is 0.390 e. The molecular formula is C25H32N6O5S. The maximum atomic E-state index is 12.9. The molecule has 4 heterocycles. The summed E-state index contributed by atoms with van der Waals surface area (Å²) >= 11 is 0. The second-order valence-electron chi connectivity index (χ2n) is 11.9. The van der Waals surface area contributed by atoms with E-state index in [1.807, 2.05) is 0 Å². The number of nitrogens with zero attached hydrogens (tertiary/aromatic N) is 3. The van der Waals surface area contributed by atoms with Crippen molar-refractivity contribution in [2.24, 2.45) is 17.8 Å². The van der Waals surface area contributed by atoms with E-state index in [-0.39, 0.29) is 23.6 Å². The number of aromatic nitrogens is 3. The van der Waals surface area contributed by atoms with Crippen molar-refractivity contribution in [2.75, 3.05) is 28.7 Å². The molecule has 2 amide bonds. The number of carbonyl (C=O) groups is 2. The third-order valence-corrected chi connectivity index (χ3v) is 11.0. The SMILES string of the molecule is O=C(Nc1nn([C@H]2[C@@H]3CC4C[C@H]2C[C@@](O)(C4)C3)c2c3c(ncc12)NCC3)C(=O)NC1CCS(=O)(=O)CC1. The summed E-state index contributed by atoms with van der Waals surface area (Å²) in [6.07, 6.45) is 7.74. The molecule has 2 aliphatic heterocycles. The monoisotopic (exact) mass is 528 g/mol. The molecule has 12 heteroatoms. The number of hydrogen-bond acceptors (Lipinski definition) is 8. The number of carbonyl (C=O) groups excluding carboxylic acids is 2. The molecule has 1 saturated heterocycles. The van der Waals surface area contributed by atoms with E-state index < -0.39 is 27.3 Å². The van der Waals surface area contributed by atoms with Crippen molar-refractivity contribution in [2.45, 2.75) is 69.1 Å². The maximum Gasteiger partial charge on any atom is 0.314 e. The molecule has 198 valence electrons. The van der Waals surface area contributed by atoms with Gasteiger partial charge in [-0.15, -0.1) is 0 Å². The molecule has 2 aromatic rings. The third kappa shape index (κ3) is 3.91. The number of amides is 2. The summed E-state index contributed by atoms with van der Waals surface area (Å²) in [5.41, 5.74) is 1.47. The number of nitrogens with one attached hydrogen (secondary N) is 3. The Hall–Kier alpha value is -2.73. The lowest BCUT2D eigenvalue weighted by atomic mass is 9.52. The molecule has 5 fully saturated rings. The highest BCUT2D eigenvalue weighted by atomic mass is 32.2. The smallest absolute Gasteiger partial charge is 0.314 e. The molecule has 1 unspecified atom stereocenters. The van der Waals surface area contributed by atoms with E-state index in [1.54, 1.807) is 6.20 Å². The van der Waals surface area contributed by atoms with Gasteiger partial charge in [-0.3, -0.25) is 14.3 Å². The van der Waals surface area contributed by atoms with Crippen molar-refractivity contribution in [1.29, 1.82) is 0 Å². The van der Waals surface area contributed by atoms with E-state index in [4.69, 9.17) is 5.10 Å². The van der Waals surface area contributed by atoms with Crippen LogP contribution in [0.25, 0.3) is 10.9 Å². The van der Waals surface area contributed by atoms with Gasteiger partial charge >= 0.3 is 11.8 Å². The first-order chi connectivity index (χ1) is 17.7. The zero-order chi connectivity index (χ0) is 25.5. The number of pyridine rings is 1. The molecular weight excluding hydrogens is 496 g/mol. The Morgan fingerprint density at radius 3 is 2.54 bits per heavy atom. The number of hydrogen-bond donors (Lipinski definition) is 4. The van der Waals surface area contributed by atoms with Crippen LogP contribution in [-0.4, -0.2) is 69.8 Å². The van der Waals surface area contributed by atoms with Gasteiger partial charge < -0.3 is 21.1 Å². The van der Waals surface area contributed by atoms with Crippen LogP contribution in [0.15, 0.2) is 6.20 Å². The van der Waals surface area contributed by atoms with Gasteiger partial charge in [-0.05, 0) is 69.1 Å². The molecule has 4 saturated carbocycles. The third-order valence-electron chi connectivity index (χ3n) is 9.31. The number of anilines is 2. The minimum atomic E-state index is -3.06. The number of rotatable bonds is 3. The van der Waals surface area contributed by atoms with Gasteiger partial charge in [-0.1, -0.05) is 0 Å². The van der Waals surface area contributed by atoms with Crippen molar-refractivity contribution >= 4 is 44.2 Å². The molecule has 6 aliphatic rings. The lowest BCUT2D eigenvalue weighted by Gasteiger charge is -2.57. The molecule has 4 N–H and O–H groups in total. The highest BCUT2D eigenvalue weighted by Gasteiger charge is 2.56. The number of fused-ring (bicyclic) bond motifs is 3. The average Bonchev–Trinajstić information content (AvgIpc) is 3.44. The second kappa shape index (κ2) is 8.13. The average molecular weight is 529 g/mol. The van der Waals surface area contributed by atoms with Gasteiger partial charge in [0.05, 0.1) is 34.1 Å². The van der Waals surface area contributed by atoms with Gasteiger partial charge in [-0.2, -0.15) is 5.10 Å². The first-order valence-corrected chi connectivity index (χ1v) is 15.2. The quantitative estimate of drug-likeness (QED) is 0.432. The molecule has 5 atom stereocenters. The minimum absolute atomic E-state index is 0.0130. The summed E-state index contributed by atoms with van der Waals surface area (Å²) in [7, 11) is -3.06. The summed E-state index contributed by atoms with van der Waals surface area (Å²) in [5, 5.41) is 25.4. The molecule has 4 bridgehead atoms. The van der Waals surface area contributed by atoms with Gasteiger partial charge in [0, 0.05) is 24.3 Å². The van der Waals surface area contributed by atoms with E-state index >= 15 is 0 Å². The Kier molecular flexibility index (Phi) is 5.14. The lowest BCUT2D eigenvalue weighted by molar-refractivity contribution is -0.148. The summed E-state index contributed by atoms with van der Waals surface area (Å²) in [6, 6.07) is -0.207. The summed E-state index contributed by atoms with van der Waals surface area (Å²) in [6.45, 7) is 0.785. The molecule has 0 radical (unpaired) electrons. The highest BCUT2D eigenvalue weighted by Crippen LogP contribution is 2.60. The van der Waals surface area contributed by atoms with E-state index in [0.717, 1.165) is 62.0 Å². The Morgan fingerprint density at radius 1 is 1.11 bits per heavy atom. The predicted molar refractivity (Wildman–Crippen MR) is 136 cm³/mol. The first-order valence-electron chi connectivity index (χ1n) is 13.4. The Balaban J connectivity index is 1.19. The van der Waals surface area contributed by atoms with E-state index in [1.165, 1.54) is 0 Å². The van der Waals surface area contributed by atoms with E-state index in [9.17, 15) is 23.1 Å². The van der Waals surface area contributed by atoms with Gasteiger partial charge in [0.15, 0.2) is 5.82 Å². The number of aliphatic hydroxyl groups is 1. The van der Waals surface area contributed by atoms with Crippen molar-refractivity contribution in [3.8, 4) is 0 Å². The van der Waals surface area contributed by atoms with E-state index in [2.05, 4.69) is 25.6 Å². The summed E-state index contributed by atoms with van der Waals surface area (Å²) in [4.78, 5) is 30.1. The highest BCUT2D eigenvalue weighted by molar-refractivity contribution is 7.91. The van der Waals surface area contributed by atoms with Gasteiger partial charge in [-0.25, -0.2) is 13.4 Å². The Morgan fingerprint density at radius 2 is 1.84 bits per heavy atom. The van der Waals surface area contributed by atoms with Crippen LogP contribution in [0.1, 0.15) is 56.6 Å².